The van der Waals surface area contributed by atoms with Gasteiger partial charge in [-0.3, -0.25) is 0 Å². The van der Waals surface area contributed by atoms with Crippen molar-refractivity contribution in [2.75, 3.05) is 13.2 Å². The van der Waals surface area contributed by atoms with Crippen molar-refractivity contribution in [1.82, 2.24) is 0 Å². The Morgan fingerprint density at radius 3 is 1.73 bits per heavy atom. The zero-order chi connectivity index (χ0) is 15.9. The molecule has 2 nitrogen and oxygen atoms in total. The van der Waals surface area contributed by atoms with Gasteiger partial charge in [-0.25, -0.2) is 0 Å². The fourth-order valence-corrected chi connectivity index (χ4v) is 1.91. The minimum atomic E-state index is 0.727. The van der Waals surface area contributed by atoms with Gasteiger partial charge in [0.2, 0.25) is 0 Å². The smallest absolute Gasteiger partial charge is 0.122 e. The first-order chi connectivity index (χ1) is 10.9. The van der Waals surface area contributed by atoms with Gasteiger partial charge in [-0.05, 0) is 51.7 Å². The molecule has 0 N–H and O–H groups in total. The summed E-state index contributed by atoms with van der Waals surface area (Å²) in [6.45, 7) is 5.20. The fraction of sp³-hybridized carbons (Fsp3) is 0.500. The number of rotatable bonds is 10. The molecule has 2 heteroatoms. The number of ether oxygens (including phenoxy) is 2. The van der Waals surface area contributed by atoms with Crippen molar-refractivity contribution in [1.29, 1.82) is 0 Å². The van der Waals surface area contributed by atoms with Crippen molar-refractivity contribution in [3.63, 3.8) is 0 Å². The summed E-state index contributed by atoms with van der Waals surface area (Å²) >= 11 is 0. The predicted molar refractivity (Wildman–Crippen MR) is 92.0 cm³/mol. The third kappa shape index (κ3) is 8.98. The van der Waals surface area contributed by atoms with Crippen LogP contribution in [0.4, 0.5) is 0 Å². The Hall–Kier alpha value is -2.06. The van der Waals surface area contributed by atoms with Crippen LogP contribution in [0.1, 0.15) is 52.4 Å². The Morgan fingerprint density at radius 1 is 0.773 bits per heavy atom. The number of unbranched alkanes of at least 4 members (excludes halogenated alkanes) is 4. The Kier molecular flexibility index (Phi) is 10.4. The van der Waals surface area contributed by atoms with Crippen LogP contribution in [0.2, 0.25) is 0 Å². The normalized spacial score (nSPS) is 9.18. The van der Waals surface area contributed by atoms with Crippen LogP contribution in [0, 0.1) is 23.7 Å². The van der Waals surface area contributed by atoms with E-state index in [4.69, 9.17) is 9.47 Å². The number of hydrogen-bond acceptors (Lipinski definition) is 2. The van der Waals surface area contributed by atoms with Crippen molar-refractivity contribution in [3.05, 3.63) is 24.3 Å². The minimum Gasteiger partial charge on any atom is -0.493 e. The van der Waals surface area contributed by atoms with E-state index in [0.29, 0.717) is 0 Å². The standard InChI is InChI=1S/C20H26O2/c1-3-5-7-9-11-16-21-19-14-13-15-20(18-19)22-17-12-10-8-6-4-2/h13-15,18H,7-12,16-17H2,1-2H3. The average molecular weight is 298 g/mol. The van der Waals surface area contributed by atoms with E-state index in [1.165, 1.54) is 0 Å². The highest BCUT2D eigenvalue weighted by Gasteiger charge is 1.98. The summed E-state index contributed by atoms with van der Waals surface area (Å²) in [5.41, 5.74) is 0. The first-order valence-electron chi connectivity index (χ1n) is 8.01. The zero-order valence-electron chi connectivity index (χ0n) is 13.8. The Balaban J connectivity index is 2.20. The molecule has 0 heterocycles. The number of hydrogen-bond donors (Lipinski definition) is 0. The monoisotopic (exact) mass is 298 g/mol. The van der Waals surface area contributed by atoms with Crippen LogP contribution < -0.4 is 9.47 Å². The predicted octanol–water partition coefficient (Wildman–Crippen LogP) is 4.83. The molecule has 0 saturated heterocycles. The van der Waals surface area contributed by atoms with Gasteiger partial charge in [-0.2, -0.15) is 0 Å². The summed E-state index contributed by atoms with van der Waals surface area (Å²) in [7, 11) is 0. The van der Waals surface area contributed by atoms with Gasteiger partial charge < -0.3 is 9.47 Å². The lowest BCUT2D eigenvalue weighted by Crippen LogP contribution is -1.99. The molecule has 0 aliphatic carbocycles. The Bertz CT molecular complexity index is 481. The van der Waals surface area contributed by atoms with Crippen LogP contribution in [0.25, 0.3) is 0 Å². The Morgan fingerprint density at radius 2 is 1.27 bits per heavy atom. The maximum atomic E-state index is 5.74. The van der Waals surface area contributed by atoms with E-state index in [1.807, 2.05) is 38.1 Å². The second-order valence-electron chi connectivity index (χ2n) is 4.94. The summed E-state index contributed by atoms with van der Waals surface area (Å²) < 4.78 is 11.5. The van der Waals surface area contributed by atoms with Gasteiger partial charge in [0.05, 0.1) is 13.2 Å². The van der Waals surface area contributed by atoms with E-state index in [-0.39, 0.29) is 0 Å². The summed E-state index contributed by atoms with van der Waals surface area (Å²) in [6, 6.07) is 7.86. The molecule has 118 valence electrons. The van der Waals surface area contributed by atoms with Crippen molar-refractivity contribution in [2.24, 2.45) is 0 Å². The third-order valence-corrected chi connectivity index (χ3v) is 3.09. The van der Waals surface area contributed by atoms with Crippen LogP contribution in [-0.2, 0) is 0 Å². The molecular formula is C20H26O2. The van der Waals surface area contributed by atoms with Crippen molar-refractivity contribution >= 4 is 0 Å². The maximum absolute atomic E-state index is 5.74. The SMILES string of the molecule is CC#CCCCCOc1cccc(OCCCCC#CC)c1. The van der Waals surface area contributed by atoms with Gasteiger partial charge in [0, 0.05) is 18.9 Å². The van der Waals surface area contributed by atoms with Crippen molar-refractivity contribution < 1.29 is 9.47 Å². The van der Waals surface area contributed by atoms with Gasteiger partial charge >= 0.3 is 0 Å². The molecule has 0 radical (unpaired) electrons. The first-order valence-corrected chi connectivity index (χ1v) is 8.01. The molecule has 1 rings (SSSR count). The molecule has 0 atom stereocenters. The van der Waals surface area contributed by atoms with Crippen molar-refractivity contribution in [2.45, 2.75) is 52.4 Å². The van der Waals surface area contributed by atoms with Crippen LogP contribution in [0.5, 0.6) is 11.5 Å². The van der Waals surface area contributed by atoms with Gasteiger partial charge in [-0.15, -0.1) is 23.7 Å². The summed E-state index contributed by atoms with van der Waals surface area (Å²) in [4.78, 5) is 0. The summed E-state index contributed by atoms with van der Waals surface area (Å²) in [6.07, 6.45) is 6.11. The van der Waals surface area contributed by atoms with Gasteiger partial charge in [0.25, 0.3) is 0 Å². The van der Waals surface area contributed by atoms with E-state index >= 15 is 0 Å². The topological polar surface area (TPSA) is 18.5 Å². The molecule has 0 bridgehead atoms. The second kappa shape index (κ2) is 12.7. The molecule has 0 amide bonds. The quantitative estimate of drug-likeness (QED) is 0.455. The molecule has 0 spiro atoms. The molecule has 0 saturated carbocycles. The van der Waals surface area contributed by atoms with Crippen LogP contribution in [0.3, 0.4) is 0 Å². The van der Waals surface area contributed by atoms with Crippen LogP contribution in [0.15, 0.2) is 24.3 Å². The molecule has 1 aromatic rings. The van der Waals surface area contributed by atoms with E-state index in [9.17, 15) is 0 Å². The molecule has 0 unspecified atom stereocenters. The Labute approximate surface area is 135 Å². The third-order valence-electron chi connectivity index (χ3n) is 3.09. The van der Waals surface area contributed by atoms with Crippen molar-refractivity contribution in [3.8, 4) is 35.2 Å². The van der Waals surface area contributed by atoms with E-state index in [0.717, 1.165) is 63.2 Å². The highest BCUT2D eigenvalue weighted by Crippen LogP contribution is 2.20. The highest BCUT2D eigenvalue weighted by atomic mass is 16.5. The molecule has 22 heavy (non-hydrogen) atoms. The van der Waals surface area contributed by atoms with Gasteiger partial charge in [0.15, 0.2) is 0 Å². The molecular weight excluding hydrogens is 272 g/mol. The first kappa shape index (κ1) is 18.0. The van der Waals surface area contributed by atoms with E-state index in [2.05, 4.69) is 23.7 Å². The summed E-state index contributed by atoms with van der Waals surface area (Å²) in [5, 5.41) is 0. The van der Waals surface area contributed by atoms with Crippen LogP contribution >= 0.6 is 0 Å². The molecule has 0 aromatic heterocycles. The number of benzene rings is 1. The molecule has 0 aliphatic heterocycles. The van der Waals surface area contributed by atoms with E-state index in [1.54, 1.807) is 0 Å². The fourth-order valence-electron chi connectivity index (χ4n) is 1.91. The second-order valence-corrected chi connectivity index (χ2v) is 4.94. The lowest BCUT2D eigenvalue weighted by Gasteiger charge is -2.09. The summed E-state index contributed by atoms with van der Waals surface area (Å²) in [5.74, 6) is 13.7. The highest BCUT2D eigenvalue weighted by molar-refractivity contribution is 5.32. The van der Waals surface area contributed by atoms with Gasteiger partial charge in [-0.1, -0.05) is 6.07 Å². The van der Waals surface area contributed by atoms with E-state index < -0.39 is 0 Å². The maximum Gasteiger partial charge on any atom is 0.122 e. The zero-order valence-corrected chi connectivity index (χ0v) is 13.8. The van der Waals surface area contributed by atoms with Crippen LogP contribution in [-0.4, -0.2) is 13.2 Å². The molecule has 1 aromatic carbocycles. The molecule has 0 aliphatic rings. The van der Waals surface area contributed by atoms with Gasteiger partial charge in [0.1, 0.15) is 11.5 Å². The molecule has 0 fully saturated rings. The average Bonchev–Trinajstić information content (AvgIpc) is 2.54. The largest absolute Gasteiger partial charge is 0.493 e. The minimum absolute atomic E-state index is 0.727. The lowest BCUT2D eigenvalue weighted by molar-refractivity contribution is 0.292. The lowest BCUT2D eigenvalue weighted by atomic mass is 10.2.